The number of nitrogens with one attached hydrogen (secondary N) is 1. The molecule has 0 radical (unpaired) electrons. The maximum absolute atomic E-state index is 11.4. The summed E-state index contributed by atoms with van der Waals surface area (Å²) >= 11 is 0. The molecule has 0 unspecified atom stereocenters. The van der Waals surface area contributed by atoms with E-state index in [2.05, 4.69) is 17.0 Å². The van der Waals surface area contributed by atoms with E-state index in [-0.39, 0.29) is 43.4 Å². The Labute approximate surface area is 159 Å². The van der Waals surface area contributed by atoms with Crippen LogP contribution in [0.25, 0.3) is 0 Å². The Bertz CT molecular complexity index is 279. The van der Waals surface area contributed by atoms with Gasteiger partial charge in [-0.15, -0.1) is 0 Å². The third-order valence-electron chi connectivity index (χ3n) is 3.66. The molecule has 0 heterocycles. The Morgan fingerprint density at radius 1 is 0.864 bits per heavy atom. The summed E-state index contributed by atoms with van der Waals surface area (Å²) in [6.45, 7) is 2.23. The van der Waals surface area contributed by atoms with Crippen LogP contribution in [0.5, 0.6) is 0 Å². The van der Waals surface area contributed by atoms with Crippen molar-refractivity contribution < 1.29 is 45.3 Å². The summed E-state index contributed by atoms with van der Waals surface area (Å²) in [4.78, 5) is 22.2. The van der Waals surface area contributed by atoms with Gasteiger partial charge in [-0.05, 0) is 6.42 Å². The minimum Gasteiger partial charge on any atom is -1.00 e. The van der Waals surface area contributed by atoms with Crippen molar-refractivity contribution in [3.05, 3.63) is 0 Å². The third kappa shape index (κ3) is 18.0. The average molecular weight is 323 g/mol. The first-order chi connectivity index (χ1) is 10.2. The van der Waals surface area contributed by atoms with E-state index in [1.807, 2.05) is 0 Å². The third-order valence-corrected chi connectivity index (χ3v) is 3.66. The van der Waals surface area contributed by atoms with Crippen molar-refractivity contribution in [3.8, 4) is 0 Å². The van der Waals surface area contributed by atoms with E-state index < -0.39 is 5.97 Å². The molecule has 126 valence electrons. The predicted molar refractivity (Wildman–Crippen MR) is 87.2 cm³/mol. The molecule has 0 aromatic heterocycles. The number of esters is 1. The van der Waals surface area contributed by atoms with Gasteiger partial charge < -0.3 is 11.5 Å². The fraction of sp³-hybridized carbons (Fsp3) is 0.882. The number of carbonyl (C=O) groups is 2. The maximum atomic E-state index is 11.4. The molecular weight excluding hydrogens is 289 g/mol. The second kappa shape index (κ2) is 19.0. The fourth-order valence-electron chi connectivity index (χ4n) is 2.28. The van der Waals surface area contributed by atoms with Gasteiger partial charge >= 0.3 is 35.5 Å². The molecule has 0 atom stereocenters. The molecule has 1 amide bonds. The molecule has 0 saturated heterocycles. The van der Waals surface area contributed by atoms with Crippen LogP contribution in [0.3, 0.4) is 0 Å². The molecule has 0 rings (SSSR count). The van der Waals surface area contributed by atoms with Crippen molar-refractivity contribution in [2.45, 2.75) is 84.0 Å². The molecule has 0 aromatic rings. The number of hydrogen-bond acceptors (Lipinski definition) is 3. The Morgan fingerprint density at radius 3 is 1.77 bits per heavy atom. The molecule has 0 aliphatic heterocycles. The van der Waals surface area contributed by atoms with Gasteiger partial charge in [0, 0.05) is 6.42 Å². The molecule has 22 heavy (non-hydrogen) atoms. The zero-order chi connectivity index (χ0) is 15.8. The number of hydrogen-bond donors (Lipinski definition) is 1. The van der Waals surface area contributed by atoms with Crippen LogP contribution in [0.2, 0.25) is 0 Å². The van der Waals surface area contributed by atoms with Crippen LogP contribution in [-0.4, -0.2) is 25.5 Å². The van der Waals surface area contributed by atoms with Gasteiger partial charge in [0.25, 0.3) is 0 Å². The van der Waals surface area contributed by atoms with E-state index in [1.54, 1.807) is 0 Å². The second-order valence-corrected chi connectivity index (χ2v) is 5.64. The summed E-state index contributed by atoms with van der Waals surface area (Å²) in [5.74, 6) is -0.460. The van der Waals surface area contributed by atoms with Crippen LogP contribution in [-0.2, 0) is 14.3 Å². The molecule has 0 aromatic carbocycles. The first-order valence-corrected chi connectivity index (χ1v) is 8.54. The standard InChI is InChI=1S/C17H33NO3.Na.H/c1-3-4-5-6-7-8-9-10-11-12-13-14-16(19)18-15-17(20)21-2;;/h3-15H2,1-2H3,(H,18,19);;/q;+1;-1. The van der Waals surface area contributed by atoms with Crippen LogP contribution >= 0.6 is 0 Å². The van der Waals surface area contributed by atoms with Gasteiger partial charge in [-0.3, -0.25) is 9.59 Å². The molecule has 0 aliphatic rings. The number of carbonyl (C=O) groups excluding carboxylic acids is 2. The first-order valence-electron chi connectivity index (χ1n) is 8.54. The van der Waals surface area contributed by atoms with Crippen molar-refractivity contribution in [2.24, 2.45) is 0 Å². The minimum atomic E-state index is -0.401. The van der Waals surface area contributed by atoms with Crippen LogP contribution in [0.1, 0.15) is 85.4 Å². The van der Waals surface area contributed by atoms with Crippen molar-refractivity contribution in [1.29, 1.82) is 0 Å². The van der Waals surface area contributed by atoms with E-state index >= 15 is 0 Å². The number of unbranched alkanes of at least 4 members (excludes halogenated alkanes) is 10. The normalized spacial score (nSPS) is 9.91. The molecule has 0 aliphatic carbocycles. The van der Waals surface area contributed by atoms with Gasteiger partial charge in [0.2, 0.25) is 5.91 Å². The summed E-state index contributed by atoms with van der Waals surface area (Å²) in [5.41, 5.74) is 0. The Hall–Kier alpha value is -0.0600. The van der Waals surface area contributed by atoms with Gasteiger partial charge in [0.15, 0.2) is 0 Å². The van der Waals surface area contributed by atoms with E-state index in [9.17, 15) is 9.59 Å². The van der Waals surface area contributed by atoms with E-state index in [1.165, 1.54) is 64.9 Å². The molecule has 0 spiro atoms. The Morgan fingerprint density at radius 2 is 1.32 bits per heavy atom. The molecule has 0 saturated carbocycles. The summed E-state index contributed by atoms with van der Waals surface area (Å²) in [6, 6.07) is 0. The topological polar surface area (TPSA) is 55.4 Å². The Balaban J connectivity index is -0.00000200. The quantitative estimate of drug-likeness (QED) is 0.296. The largest absolute Gasteiger partial charge is 1.00 e. The number of methoxy groups -OCH3 is 1. The van der Waals surface area contributed by atoms with Crippen molar-refractivity contribution in [2.75, 3.05) is 13.7 Å². The second-order valence-electron chi connectivity index (χ2n) is 5.64. The Kier molecular flexibility index (Phi) is 20.9. The summed E-state index contributed by atoms with van der Waals surface area (Å²) in [5, 5.41) is 2.56. The fourth-order valence-corrected chi connectivity index (χ4v) is 2.28. The smallest absolute Gasteiger partial charge is 1.00 e. The van der Waals surface area contributed by atoms with Crippen LogP contribution in [0, 0.1) is 0 Å². The number of amides is 1. The zero-order valence-electron chi connectivity index (χ0n) is 15.9. The molecule has 1 N–H and O–H groups in total. The van der Waals surface area contributed by atoms with Gasteiger partial charge in [-0.1, -0.05) is 71.1 Å². The van der Waals surface area contributed by atoms with Crippen LogP contribution in [0.15, 0.2) is 0 Å². The molecule has 5 heteroatoms. The van der Waals surface area contributed by atoms with Gasteiger partial charge in [0.05, 0.1) is 7.11 Å². The predicted octanol–water partition coefficient (Wildman–Crippen LogP) is 1.09. The van der Waals surface area contributed by atoms with Crippen LogP contribution in [0.4, 0.5) is 0 Å². The van der Waals surface area contributed by atoms with E-state index in [0.29, 0.717) is 6.42 Å². The number of rotatable bonds is 14. The van der Waals surface area contributed by atoms with Crippen molar-refractivity contribution in [1.82, 2.24) is 5.32 Å². The molecule has 0 fully saturated rings. The molecule has 0 bridgehead atoms. The first kappa shape index (κ1) is 24.2. The molecular formula is C17H34NNaO3. The summed E-state index contributed by atoms with van der Waals surface area (Å²) in [7, 11) is 1.32. The summed E-state index contributed by atoms with van der Waals surface area (Å²) in [6.07, 6.45) is 14.5. The van der Waals surface area contributed by atoms with E-state index in [4.69, 9.17) is 0 Å². The summed E-state index contributed by atoms with van der Waals surface area (Å²) < 4.78 is 4.46. The van der Waals surface area contributed by atoms with Gasteiger partial charge in [0.1, 0.15) is 6.54 Å². The monoisotopic (exact) mass is 323 g/mol. The molecule has 4 nitrogen and oxygen atoms in total. The maximum Gasteiger partial charge on any atom is 1.00 e. The van der Waals surface area contributed by atoms with Crippen LogP contribution < -0.4 is 34.9 Å². The van der Waals surface area contributed by atoms with Crippen molar-refractivity contribution in [3.63, 3.8) is 0 Å². The SMILES string of the molecule is CCCCCCCCCCCCCC(=O)NCC(=O)OC.[H-].[Na+]. The van der Waals surface area contributed by atoms with E-state index in [0.717, 1.165) is 12.8 Å². The minimum absolute atomic E-state index is 0. The van der Waals surface area contributed by atoms with Gasteiger partial charge in [-0.2, -0.15) is 0 Å². The number of ether oxygens (including phenoxy) is 1. The average Bonchev–Trinajstić information content (AvgIpc) is 2.50. The van der Waals surface area contributed by atoms with Gasteiger partial charge in [-0.25, -0.2) is 0 Å². The van der Waals surface area contributed by atoms with Crippen molar-refractivity contribution >= 4 is 11.9 Å². The zero-order valence-corrected chi connectivity index (χ0v) is 16.9.